The maximum Gasteiger partial charge on any atom is -0.0319 e. The molecule has 0 N–H and O–H groups in total. The van der Waals surface area contributed by atoms with E-state index < -0.39 is 0 Å². The molecule has 0 aliphatic rings. The predicted molar refractivity (Wildman–Crippen MR) is 61.4 cm³/mol. The van der Waals surface area contributed by atoms with Crippen molar-refractivity contribution in [3.8, 4) is 0 Å². The van der Waals surface area contributed by atoms with Gasteiger partial charge in [-0.3, -0.25) is 0 Å². The molecule has 72 valence electrons. The van der Waals surface area contributed by atoms with Gasteiger partial charge in [0.15, 0.2) is 0 Å². The van der Waals surface area contributed by atoms with Crippen LogP contribution in [0.15, 0.2) is 11.9 Å². The summed E-state index contributed by atoms with van der Waals surface area (Å²) in [6, 6.07) is 0. The van der Waals surface area contributed by atoms with E-state index in [0.717, 1.165) is 8.58 Å². The van der Waals surface area contributed by atoms with Crippen LogP contribution in [-0.2, 0) is 0 Å². The largest absolute Gasteiger partial charge is 0.0987 e. The number of rotatable bonds is 8. The van der Waals surface area contributed by atoms with E-state index in [4.69, 9.17) is 0 Å². The van der Waals surface area contributed by atoms with Gasteiger partial charge in [-0.05, 0) is 19.0 Å². The van der Waals surface area contributed by atoms with Crippen LogP contribution in [0.5, 0.6) is 0 Å². The summed E-state index contributed by atoms with van der Waals surface area (Å²) in [7, 11) is 1.07. The minimum absolute atomic E-state index is 1.07. The van der Waals surface area contributed by atoms with E-state index in [-0.39, 0.29) is 0 Å². The summed E-state index contributed by atoms with van der Waals surface area (Å²) < 4.78 is 0. The summed E-state index contributed by atoms with van der Waals surface area (Å²) in [5.74, 6) is 2.37. The first-order chi connectivity index (χ1) is 5.91. The van der Waals surface area contributed by atoms with Gasteiger partial charge in [-0.1, -0.05) is 60.0 Å². The van der Waals surface area contributed by atoms with Crippen molar-refractivity contribution < 1.29 is 0 Å². The maximum atomic E-state index is 2.37. The van der Waals surface area contributed by atoms with Crippen LogP contribution in [0.25, 0.3) is 0 Å². The molecule has 1 heteroatoms. The molecule has 0 rings (SSSR count). The lowest BCUT2D eigenvalue weighted by molar-refractivity contribution is 0.706. The Bertz CT molecular complexity index is 97.2. The molecule has 1 atom stereocenters. The maximum absolute atomic E-state index is 2.37. The molecule has 0 radical (unpaired) electrons. The second kappa shape index (κ2) is 11.2. The highest BCUT2D eigenvalue weighted by Gasteiger charge is 1.85. The number of hydrogen-bond acceptors (Lipinski definition) is 0. The Labute approximate surface area is 79.6 Å². The molecule has 0 aromatic heterocycles. The summed E-state index contributed by atoms with van der Waals surface area (Å²) in [5.41, 5.74) is 0. The van der Waals surface area contributed by atoms with Gasteiger partial charge in [-0.2, -0.15) is 0 Å². The molecule has 0 saturated heterocycles. The van der Waals surface area contributed by atoms with Crippen LogP contribution in [0.4, 0.5) is 0 Å². The van der Waals surface area contributed by atoms with E-state index in [1.807, 2.05) is 0 Å². The van der Waals surface area contributed by atoms with Crippen molar-refractivity contribution >= 4 is 8.58 Å². The molecular weight excluding hydrogens is 163 g/mol. The lowest BCUT2D eigenvalue weighted by atomic mass is 10.2. The Morgan fingerprint density at radius 2 is 1.83 bits per heavy atom. The Morgan fingerprint density at radius 3 is 2.50 bits per heavy atom. The second-order valence-electron chi connectivity index (χ2n) is 3.21. The zero-order chi connectivity index (χ0) is 9.07. The van der Waals surface area contributed by atoms with E-state index in [2.05, 4.69) is 25.7 Å². The van der Waals surface area contributed by atoms with Gasteiger partial charge in [-0.15, -0.1) is 0 Å². The van der Waals surface area contributed by atoms with Crippen LogP contribution in [-0.4, -0.2) is 6.16 Å². The first-order valence-corrected chi connectivity index (χ1v) is 6.58. The van der Waals surface area contributed by atoms with Gasteiger partial charge in [0.05, 0.1) is 0 Å². The third-order valence-electron chi connectivity index (χ3n) is 1.87. The van der Waals surface area contributed by atoms with Crippen molar-refractivity contribution in [2.75, 3.05) is 6.16 Å². The zero-order valence-electron chi connectivity index (χ0n) is 8.60. The molecule has 12 heavy (non-hydrogen) atoms. The normalized spacial score (nSPS) is 12.2. The molecule has 0 aromatic rings. The topological polar surface area (TPSA) is 0 Å². The lowest BCUT2D eigenvalue weighted by Crippen LogP contribution is -1.76. The van der Waals surface area contributed by atoms with Crippen LogP contribution in [0, 0.1) is 0 Å². The summed E-state index contributed by atoms with van der Waals surface area (Å²) in [5, 5.41) is 0. The Hall–Kier alpha value is 0.170. The van der Waals surface area contributed by atoms with Crippen LogP contribution in [0.1, 0.15) is 52.4 Å². The van der Waals surface area contributed by atoms with Crippen LogP contribution in [0.2, 0.25) is 0 Å². The van der Waals surface area contributed by atoms with Gasteiger partial charge in [0.1, 0.15) is 0 Å². The smallest absolute Gasteiger partial charge is 0.0319 e. The molecule has 0 spiro atoms. The molecule has 0 fully saturated rings. The van der Waals surface area contributed by atoms with Crippen molar-refractivity contribution in [2.45, 2.75) is 52.4 Å². The first kappa shape index (κ1) is 12.2. The minimum Gasteiger partial charge on any atom is -0.0987 e. The SMILES string of the molecule is CCC/C=C/PCCCCCC. The van der Waals surface area contributed by atoms with Gasteiger partial charge >= 0.3 is 0 Å². The molecule has 0 aromatic carbocycles. The summed E-state index contributed by atoms with van der Waals surface area (Å²) in [6.07, 6.45) is 11.9. The molecule has 0 aliphatic heterocycles. The van der Waals surface area contributed by atoms with Crippen molar-refractivity contribution in [3.05, 3.63) is 11.9 Å². The number of allylic oxidation sites excluding steroid dienone is 1. The summed E-state index contributed by atoms with van der Waals surface area (Å²) >= 11 is 0. The third-order valence-corrected chi connectivity index (χ3v) is 2.98. The Kier molecular flexibility index (Phi) is 11.3. The van der Waals surface area contributed by atoms with Crippen molar-refractivity contribution in [2.24, 2.45) is 0 Å². The van der Waals surface area contributed by atoms with E-state index in [1.165, 1.54) is 44.7 Å². The van der Waals surface area contributed by atoms with E-state index in [0.29, 0.717) is 0 Å². The standard InChI is InChI=1S/C11H23P/c1-3-5-7-9-11-12-10-8-6-4-2/h8,10,12H,3-7,9,11H2,1-2H3/b10-8+. The van der Waals surface area contributed by atoms with Gasteiger partial charge < -0.3 is 0 Å². The van der Waals surface area contributed by atoms with E-state index in [1.54, 1.807) is 0 Å². The minimum atomic E-state index is 1.07. The third kappa shape index (κ3) is 10.2. The fraction of sp³-hybridized carbons (Fsp3) is 0.818. The Balaban J connectivity index is 2.90. The van der Waals surface area contributed by atoms with Crippen LogP contribution >= 0.6 is 8.58 Å². The molecular formula is C11H23P. The Morgan fingerprint density at radius 1 is 1.00 bits per heavy atom. The highest BCUT2D eigenvalue weighted by molar-refractivity contribution is 7.41. The fourth-order valence-corrected chi connectivity index (χ4v) is 2.02. The van der Waals surface area contributed by atoms with Gasteiger partial charge in [0, 0.05) is 0 Å². The quantitative estimate of drug-likeness (QED) is 0.385. The van der Waals surface area contributed by atoms with Crippen LogP contribution < -0.4 is 0 Å². The van der Waals surface area contributed by atoms with Crippen molar-refractivity contribution in [1.29, 1.82) is 0 Å². The van der Waals surface area contributed by atoms with E-state index in [9.17, 15) is 0 Å². The molecule has 0 nitrogen and oxygen atoms in total. The van der Waals surface area contributed by atoms with Crippen molar-refractivity contribution in [1.82, 2.24) is 0 Å². The average molecular weight is 186 g/mol. The van der Waals surface area contributed by atoms with Crippen molar-refractivity contribution in [3.63, 3.8) is 0 Å². The number of unbranched alkanes of at least 4 members (excludes halogenated alkanes) is 4. The lowest BCUT2D eigenvalue weighted by Gasteiger charge is -1.95. The molecule has 0 saturated carbocycles. The van der Waals surface area contributed by atoms with Gasteiger partial charge in [0.25, 0.3) is 0 Å². The molecule has 0 heterocycles. The fourth-order valence-electron chi connectivity index (χ4n) is 1.07. The van der Waals surface area contributed by atoms with Gasteiger partial charge in [-0.25, -0.2) is 0 Å². The number of hydrogen-bond donors (Lipinski definition) is 0. The highest BCUT2D eigenvalue weighted by Crippen LogP contribution is 2.15. The molecule has 0 bridgehead atoms. The highest BCUT2D eigenvalue weighted by atomic mass is 31.1. The second-order valence-corrected chi connectivity index (χ2v) is 4.45. The summed E-state index contributed by atoms with van der Waals surface area (Å²) in [4.78, 5) is 0. The summed E-state index contributed by atoms with van der Waals surface area (Å²) in [6.45, 7) is 4.50. The monoisotopic (exact) mass is 186 g/mol. The molecule has 0 amide bonds. The van der Waals surface area contributed by atoms with Gasteiger partial charge in [0.2, 0.25) is 0 Å². The predicted octanol–water partition coefficient (Wildman–Crippen LogP) is 4.56. The first-order valence-electron chi connectivity index (χ1n) is 5.30. The molecule has 0 aliphatic carbocycles. The van der Waals surface area contributed by atoms with Crippen LogP contribution in [0.3, 0.4) is 0 Å². The average Bonchev–Trinajstić information content (AvgIpc) is 2.10. The van der Waals surface area contributed by atoms with E-state index >= 15 is 0 Å². The molecule has 1 unspecified atom stereocenters. The zero-order valence-corrected chi connectivity index (χ0v) is 9.60.